The van der Waals surface area contributed by atoms with E-state index in [-0.39, 0.29) is 11.4 Å². The molecule has 1 aromatic carbocycles. The van der Waals surface area contributed by atoms with Crippen LogP contribution in [0.2, 0.25) is 0 Å². The van der Waals surface area contributed by atoms with Gasteiger partial charge in [0.15, 0.2) is 0 Å². The molecule has 0 atom stereocenters. The van der Waals surface area contributed by atoms with Crippen LogP contribution in [-0.4, -0.2) is 21.4 Å². The van der Waals surface area contributed by atoms with Crippen LogP contribution in [0.15, 0.2) is 29.1 Å². The zero-order valence-electron chi connectivity index (χ0n) is 14.4. The summed E-state index contributed by atoms with van der Waals surface area (Å²) < 4.78 is 13.4. The lowest BCUT2D eigenvalue weighted by molar-refractivity contribution is 0.240. The van der Waals surface area contributed by atoms with E-state index < -0.39 is 0 Å². The number of nitrogens with one attached hydrogen (secondary N) is 1. The molecule has 5 heteroatoms. The summed E-state index contributed by atoms with van der Waals surface area (Å²) in [4.78, 5) is 22.6. The Balaban J connectivity index is 1.52. The summed E-state index contributed by atoms with van der Waals surface area (Å²) in [6.45, 7) is 2.09. The molecular formula is C20H24FN3O. The van der Waals surface area contributed by atoms with Crippen molar-refractivity contribution in [2.75, 3.05) is 6.54 Å². The van der Waals surface area contributed by atoms with Crippen molar-refractivity contribution in [1.29, 1.82) is 0 Å². The summed E-state index contributed by atoms with van der Waals surface area (Å²) in [5.41, 5.74) is 2.68. The molecule has 0 amide bonds. The molecule has 0 saturated heterocycles. The molecule has 0 radical (unpaired) electrons. The van der Waals surface area contributed by atoms with Crippen molar-refractivity contribution in [3.05, 3.63) is 63.1 Å². The molecule has 25 heavy (non-hydrogen) atoms. The molecule has 2 heterocycles. The quantitative estimate of drug-likeness (QED) is 0.929. The average molecular weight is 341 g/mol. The highest BCUT2D eigenvalue weighted by atomic mass is 19.1. The molecule has 4 nitrogen and oxygen atoms in total. The van der Waals surface area contributed by atoms with Crippen LogP contribution < -0.4 is 5.56 Å². The number of hydrogen-bond acceptors (Lipinski definition) is 3. The van der Waals surface area contributed by atoms with E-state index in [2.05, 4.69) is 9.88 Å². The Bertz CT molecular complexity index is 811. The van der Waals surface area contributed by atoms with Gasteiger partial charge in [0, 0.05) is 32.0 Å². The fourth-order valence-corrected chi connectivity index (χ4v) is 4.10. The van der Waals surface area contributed by atoms with Crippen molar-refractivity contribution in [3.8, 4) is 0 Å². The Morgan fingerprint density at radius 3 is 2.88 bits per heavy atom. The van der Waals surface area contributed by atoms with Crippen molar-refractivity contribution in [1.82, 2.24) is 14.9 Å². The number of aromatic amines is 1. The number of hydrogen-bond donors (Lipinski definition) is 1. The molecule has 0 spiro atoms. The summed E-state index contributed by atoms with van der Waals surface area (Å²) in [6.07, 6.45) is 6.80. The third kappa shape index (κ3) is 3.66. The highest BCUT2D eigenvalue weighted by molar-refractivity contribution is 5.23. The van der Waals surface area contributed by atoms with E-state index in [1.165, 1.54) is 25.3 Å². The van der Waals surface area contributed by atoms with Crippen LogP contribution in [0, 0.1) is 5.82 Å². The molecule has 132 valence electrons. The molecule has 0 bridgehead atoms. The van der Waals surface area contributed by atoms with Crippen LogP contribution >= 0.6 is 0 Å². The number of halogens is 1. The highest BCUT2D eigenvalue weighted by Crippen LogP contribution is 2.30. The van der Waals surface area contributed by atoms with Gasteiger partial charge in [-0.05, 0) is 30.5 Å². The number of benzene rings is 1. The molecule has 1 aliphatic heterocycles. The van der Waals surface area contributed by atoms with Gasteiger partial charge in [0.25, 0.3) is 5.56 Å². The largest absolute Gasteiger partial charge is 0.310 e. The van der Waals surface area contributed by atoms with E-state index in [0.29, 0.717) is 19.0 Å². The van der Waals surface area contributed by atoms with Gasteiger partial charge in [-0.15, -0.1) is 0 Å². The molecule has 1 aromatic heterocycles. The summed E-state index contributed by atoms with van der Waals surface area (Å²) in [6, 6.07) is 6.67. The predicted molar refractivity (Wildman–Crippen MR) is 94.9 cm³/mol. The van der Waals surface area contributed by atoms with E-state index >= 15 is 0 Å². The third-order valence-electron chi connectivity index (χ3n) is 5.45. The minimum absolute atomic E-state index is 0.00881. The normalized spacial score (nSPS) is 18.9. The van der Waals surface area contributed by atoms with E-state index in [4.69, 9.17) is 4.98 Å². The topological polar surface area (TPSA) is 49.0 Å². The Kier molecular flexibility index (Phi) is 4.66. The molecule has 1 N–H and O–H groups in total. The first-order valence-corrected chi connectivity index (χ1v) is 9.28. The van der Waals surface area contributed by atoms with Gasteiger partial charge in [-0.2, -0.15) is 0 Å². The highest BCUT2D eigenvalue weighted by Gasteiger charge is 2.24. The van der Waals surface area contributed by atoms with Gasteiger partial charge in [-0.3, -0.25) is 9.69 Å². The fraction of sp³-hybridized carbons (Fsp3) is 0.500. The zero-order chi connectivity index (χ0) is 17.2. The molecule has 0 unspecified atom stereocenters. The predicted octanol–water partition coefficient (Wildman–Crippen LogP) is 3.52. The van der Waals surface area contributed by atoms with Crippen molar-refractivity contribution in [2.45, 2.75) is 57.5 Å². The SMILES string of the molecule is O=c1[nH]c(C2CCCCC2)nc2c1CN(Cc1cccc(F)c1)CC2. The van der Waals surface area contributed by atoms with Crippen LogP contribution in [0.5, 0.6) is 0 Å². The summed E-state index contributed by atoms with van der Waals surface area (Å²) >= 11 is 0. The van der Waals surface area contributed by atoms with Crippen molar-refractivity contribution >= 4 is 0 Å². The molecular weight excluding hydrogens is 317 g/mol. The summed E-state index contributed by atoms with van der Waals surface area (Å²) in [7, 11) is 0. The van der Waals surface area contributed by atoms with E-state index in [1.54, 1.807) is 12.1 Å². The number of nitrogens with zero attached hydrogens (tertiary/aromatic N) is 2. The minimum Gasteiger partial charge on any atom is -0.310 e. The third-order valence-corrected chi connectivity index (χ3v) is 5.45. The second kappa shape index (κ2) is 7.08. The van der Waals surface area contributed by atoms with Crippen LogP contribution in [0.3, 0.4) is 0 Å². The van der Waals surface area contributed by atoms with Crippen LogP contribution in [0.4, 0.5) is 4.39 Å². The fourth-order valence-electron chi connectivity index (χ4n) is 4.10. The van der Waals surface area contributed by atoms with E-state index in [1.807, 2.05) is 6.07 Å². The average Bonchev–Trinajstić information content (AvgIpc) is 2.63. The van der Waals surface area contributed by atoms with Gasteiger partial charge in [-0.25, -0.2) is 9.37 Å². The van der Waals surface area contributed by atoms with Gasteiger partial charge in [0.2, 0.25) is 0 Å². The first-order valence-electron chi connectivity index (χ1n) is 9.28. The lowest BCUT2D eigenvalue weighted by Crippen LogP contribution is -2.36. The maximum atomic E-state index is 13.4. The first-order chi connectivity index (χ1) is 12.2. The maximum Gasteiger partial charge on any atom is 0.255 e. The molecule has 4 rings (SSSR count). The zero-order valence-corrected chi connectivity index (χ0v) is 14.4. The summed E-state index contributed by atoms with van der Waals surface area (Å²) in [5.74, 6) is 1.09. The van der Waals surface area contributed by atoms with Crippen molar-refractivity contribution in [3.63, 3.8) is 0 Å². The second-order valence-electron chi connectivity index (χ2n) is 7.30. The summed E-state index contributed by atoms with van der Waals surface area (Å²) in [5, 5.41) is 0. The van der Waals surface area contributed by atoms with Crippen LogP contribution in [-0.2, 0) is 19.5 Å². The standard InChI is InChI=1S/C20H24FN3O/c21-16-8-4-5-14(11-16)12-24-10-9-18-17(13-24)20(25)23-19(22-18)15-6-2-1-3-7-15/h4-5,8,11,15H,1-3,6-7,9-10,12-13H2,(H,22,23,25). The molecule has 1 fully saturated rings. The van der Waals surface area contributed by atoms with E-state index in [9.17, 15) is 9.18 Å². The lowest BCUT2D eigenvalue weighted by Gasteiger charge is -2.29. The molecule has 1 saturated carbocycles. The number of aromatic nitrogens is 2. The Labute approximate surface area is 147 Å². The van der Waals surface area contributed by atoms with Gasteiger partial charge >= 0.3 is 0 Å². The Hall–Kier alpha value is -2.01. The Morgan fingerprint density at radius 1 is 1.24 bits per heavy atom. The van der Waals surface area contributed by atoms with Gasteiger partial charge in [0.05, 0.1) is 11.3 Å². The molecule has 2 aliphatic rings. The maximum absolute atomic E-state index is 13.4. The molecule has 1 aliphatic carbocycles. The number of H-pyrrole nitrogens is 1. The van der Waals surface area contributed by atoms with Crippen molar-refractivity contribution in [2.24, 2.45) is 0 Å². The van der Waals surface area contributed by atoms with Crippen LogP contribution in [0.1, 0.15) is 60.7 Å². The number of rotatable bonds is 3. The second-order valence-corrected chi connectivity index (χ2v) is 7.30. The lowest BCUT2D eigenvalue weighted by atomic mass is 9.88. The first kappa shape index (κ1) is 16.5. The minimum atomic E-state index is -0.216. The van der Waals surface area contributed by atoms with Crippen molar-refractivity contribution < 1.29 is 4.39 Å². The smallest absolute Gasteiger partial charge is 0.255 e. The monoisotopic (exact) mass is 341 g/mol. The Morgan fingerprint density at radius 2 is 2.08 bits per heavy atom. The number of fused-ring (bicyclic) bond motifs is 1. The van der Waals surface area contributed by atoms with Gasteiger partial charge in [-0.1, -0.05) is 31.4 Å². The van der Waals surface area contributed by atoms with E-state index in [0.717, 1.165) is 48.5 Å². The van der Waals surface area contributed by atoms with Crippen LogP contribution in [0.25, 0.3) is 0 Å². The van der Waals surface area contributed by atoms with Gasteiger partial charge < -0.3 is 4.98 Å². The molecule has 2 aromatic rings. The van der Waals surface area contributed by atoms with Gasteiger partial charge in [0.1, 0.15) is 11.6 Å².